The van der Waals surface area contributed by atoms with E-state index in [0.29, 0.717) is 11.1 Å². The van der Waals surface area contributed by atoms with Gasteiger partial charge in [-0.2, -0.15) is 0 Å². The van der Waals surface area contributed by atoms with Crippen molar-refractivity contribution in [1.82, 2.24) is 5.32 Å². The monoisotopic (exact) mass is 298 g/mol. The minimum absolute atomic E-state index is 0.128. The molecule has 0 unspecified atom stereocenters. The Morgan fingerprint density at radius 2 is 1.59 bits per heavy atom. The number of rotatable bonds is 5. The fraction of sp³-hybridized carbons (Fsp3) is 0.176. The predicted molar refractivity (Wildman–Crippen MR) is 85.0 cm³/mol. The molecule has 2 amide bonds. The molecule has 0 fully saturated rings. The number of aliphatic hydroxyl groups is 1. The van der Waals surface area contributed by atoms with Gasteiger partial charge in [-0.3, -0.25) is 9.59 Å². The van der Waals surface area contributed by atoms with Crippen LogP contribution in [0.1, 0.15) is 20.7 Å². The van der Waals surface area contributed by atoms with Crippen molar-refractivity contribution in [2.75, 3.05) is 25.1 Å². The molecule has 2 N–H and O–H groups in total. The van der Waals surface area contributed by atoms with Crippen molar-refractivity contribution in [3.05, 3.63) is 65.7 Å². The number of anilines is 1. The molecule has 0 atom stereocenters. The van der Waals surface area contributed by atoms with Crippen molar-refractivity contribution in [2.45, 2.75) is 0 Å². The van der Waals surface area contributed by atoms with Crippen molar-refractivity contribution in [1.29, 1.82) is 0 Å². The number of carbonyl (C=O) groups is 2. The minimum atomic E-state index is -0.219. The number of aliphatic hydroxyl groups excluding tert-OH is 1. The highest BCUT2D eigenvalue weighted by atomic mass is 16.3. The number of para-hydroxylation sites is 1. The fourth-order valence-electron chi connectivity index (χ4n) is 2.12. The SMILES string of the molecule is CNC(=O)c1ccc(C(=O)N(CCO)c2ccccc2)cc1. The molecular weight excluding hydrogens is 280 g/mol. The normalized spacial score (nSPS) is 10.1. The molecule has 0 saturated heterocycles. The minimum Gasteiger partial charge on any atom is -0.395 e. The van der Waals surface area contributed by atoms with E-state index in [9.17, 15) is 14.7 Å². The number of benzene rings is 2. The summed E-state index contributed by atoms with van der Waals surface area (Å²) in [5.41, 5.74) is 1.68. The average Bonchev–Trinajstić information content (AvgIpc) is 2.59. The molecule has 114 valence electrons. The Bertz CT molecular complexity index is 639. The van der Waals surface area contributed by atoms with Crippen molar-refractivity contribution in [3.63, 3.8) is 0 Å². The van der Waals surface area contributed by atoms with Gasteiger partial charge in [0.25, 0.3) is 11.8 Å². The van der Waals surface area contributed by atoms with Gasteiger partial charge in [0.05, 0.1) is 6.61 Å². The van der Waals surface area contributed by atoms with Crippen LogP contribution in [0.25, 0.3) is 0 Å². The van der Waals surface area contributed by atoms with Gasteiger partial charge < -0.3 is 15.3 Å². The van der Waals surface area contributed by atoms with Crippen LogP contribution in [-0.4, -0.2) is 37.1 Å². The molecule has 2 aromatic rings. The smallest absolute Gasteiger partial charge is 0.258 e. The zero-order chi connectivity index (χ0) is 15.9. The summed E-state index contributed by atoms with van der Waals surface area (Å²) in [6.07, 6.45) is 0. The van der Waals surface area contributed by atoms with Gasteiger partial charge in [0.1, 0.15) is 0 Å². The maximum Gasteiger partial charge on any atom is 0.258 e. The molecule has 5 nitrogen and oxygen atoms in total. The number of hydrogen-bond donors (Lipinski definition) is 2. The highest BCUT2D eigenvalue weighted by Crippen LogP contribution is 2.17. The van der Waals surface area contributed by atoms with Crippen LogP contribution >= 0.6 is 0 Å². The summed E-state index contributed by atoms with van der Waals surface area (Å²) in [7, 11) is 1.56. The molecule has 0 spiro atoms. The van der Waals surface area contributed by atoms with Gasteiger partial charge in [0.15, 0.2) is 0 Å². The summed E-state index contributed by atoms with van der Waals surface area (Å²) in [5, 5.41) is 11.7. The zero-order valence-corrected chi connectivity index (χ0v) is 12.3. The third kappa shape index (κ3) is 3.51. The largest absolute Gasteiger partial charge is 0.395 e. The lowest BCUT2D eigenvalue weighted by Crippen LogP contribution is -2.33. The highest BCUT2D eigenvalue weighted by molar-refractivity contribution is 6.06. The maximum absolute atomic E-state index is 12.6. The quantitative estimate of drug-likeness (QED) is 0.882. The van der Waals surface area contributed by atoms with Gasteiger partial charge in [0.2, 0.25) is 0 Å². The van der Waals surface area contributed by atoms with Crippen LogP contribution in [0.4, 0.5) is 5.69 Å². The third-order valence-electron chi connectivity index (χ3n) is 3.26. The Kier molecular flexibility index (Phi) is 5.27. The molecule has 2 aromatic carbocycles. The van der Waals surface area contributed by atoms with Crippen LogP contribution in [-0.2, 0) is 0 Å². The molecular formula is C17H18N2O3. The lowest BCUT2D eigenvalue weighted by molar-refractivity contribution is 0.0957. The van der Waals surface area contributed by atoms with E-state index >= 15 is 0 Å². The zero-order valence-electron chi connectivity index (χ0n) is 12.3. The number of nitrogens with zero attached hydrogens (tertiary/aromatic N) is 1. The van der Waals surface area contributed by atoms with Crippen LogP contribution < -0.4 is 10.2 Å². The second kappa shape index (κ2) is 7.38. The van der Waals surface area contributed by atoms with Gasteiger partial charge in [-0.05, 0) is 36.4 Å². The van der Waals surface area contributed by atoms with Gasteiger partial charge in [0, 0.05) is 30.4 Å². The number of carbonyl (C=O) groups excluding carboxylic acids is 2. The van der Waals surface area contributed by atoms with E-state index in [1.807, 2.05) is 30.3 Å². The van der Waals surface area contributed by atoms with Crippen LogP contribution in [0.2, 0.25) is 0 Å². The second-order valence-electron chi connectivity index (χ2n) is 4.67. The lowest BCUT2D eigenvalue weighted by atomic mass is 10.1. The molecule has 2 rings (SSSR count). The first kappa shape index (κ1) is 15.7. The molecule has 0 saturated carbocycles. The van der Waals surface area contributed by atoms with E-state index in [0.717, 1.165) is 5.69 Å². The predicted octanol–water partition coefficient (Wildman–Crippen LogP) is 1.69. The van der Waals surface area contributed by atoms with Crippen LogP contribution in [0.15, 0.2) is 54.6 Å². The first-order chi connectivity index (χ1) is 10.7. The molecule has 5 heteroatoms. The Balaban J connectivity index is 2.26. The number of nitrogens with one attached hydrogen (secondary N) is 1. The summed E-state index contributed by atoms with van der Waals surface area (Å²) < 4.78 is 0. The van der Waals surface area contributed by atoms with Gasteiger partial charge in [-0.25, -0.2) is 0 Å². The summed E-state index contributed by atoms with van der Waals surface area (Å²) in [4.78, 5) is 25.6. The Hall–Kier alpha value is -2.66. The first-order valence-electron chi connectivity index (χ1n) is 6.97. The van der Waals surface area contributed by atoms with E-state index in [1.165, 1.54) is 4.90 Å². The van der Waals surface area contributed by atoms with Crippen molar-refractivity contribution >= 4 is 17.5 Å². The molecule has 0 radical (unpaired) electrons. The Morgan fingerprint density at radius 3 is 2.14 bits per heavy atom. The second-order valence-corrected chi connectivity index (χ2v) is 4.67. The van der Waals surface area contributed by atoms with E-state index in [4.69, 9.17) is 0 Å². The molecule has 0 heterocycles. The molecule has 0 aliphatic rings. The van der Waals surface area contributed by atoms with Crippen LogP contribution in [0.5, 0.6) is 0 Å². The molecule has 0 bridgehead atoms. The Morgan fingerprint density at radius 1 is 1.00 bits per heavy atom. The first-order valence-corrected chi connectivity index (χ1v) is 6.97. The molecule has 22 heavy (non-hydrogen) atoms. The summed E-state index contributed by atoms with van der Waals surface area (Å²) >= 11 is 0. The van der Waals surface area contributed by atoms with E-state index in [2.05, 4.69) is 5.32 Å². The van der Waals surface area contributed by atoms with Crippen LogP contribution in [0.3, 0.4) is 0 Å². The molecule has 0 aliphatic heterocycles. The van der Waals surface area contributed by atoms with Crippen molar-refractivity contribution < 1.29 is 14.7 Å². The summed E-state index contributed by atoms with van der Waals surface area (Å²) in [5.74, 6) is -0.419. The summed E-state index contributed by atoms with van der Waals surface area (Å²) in [6, 6.07) is 15.6. The van der Waals surface area contributed by atoms with E-state index in [-0.39, 0.29) is 25.0 Å². The topological polar surface area (TPSA) is 69.6 Å². The summed E-state index contributed by atoms with van der Waals surface area (Å²) in [6.45, 7) is 0.0804. The third-order valence-corrected chi connectivity index (χ3v) is 3.26. The average molecular weight is 298 g/mol. The van der Waals surface area contributed by atoms with E-state index < -0.39 is 0 Å². The van der Waals surface area contributed by atoms with Gasteiger partial charge in [-0.15, -0.1) is 0 Å². The van der Waals surface area contributed by atoms with Gasteiger partial charge in [-0.1, -0.05) is 18.2 Å². The highest BCUT2D eigenvalue weighted by Gasteiger charge is 2.17. The fourth-order valence-corrected chi connectivity index (χ4v) is 2.12. The molecule has 0 aliphatic carbocycles. The number of amides is 2. The van der Waals surface area contributed by atoms with E-state index in [1.54, 1.807) is 31.3 Å². The standard InChI is InChI=1S/C17H18N2O3/c1-18-16(21)13-7-9-14(10-8-13)17(22)19(11-12-20)15-5-3-2-4-6-15/h2-10,20H,11-12H2,1H3,(H,18,21). The Labute approximate surface area is 129 Å². The lowest BCUT2D eigenvalue weighted by Gasteiger charge is -2.22. The van der Waals surface area contributed by atoms with Crippen molar-refractivity contribution in [2.24, 2.45) is 0 Å². The van der Waals surface area contributed by atoms with Gasteiger partial charge >= 0.3 is 0 Å². The number of hydrogen-bond acceptors (Lipinski definition) is 3. The van der Waals surface area contributed by atoms with Crippen molar-refractivity contribution in [3.8, 4) is 0 Å². The maximum atomic E-state index is 12.6. The molecule has 0 aromatic heterocycles. The van der Waals surface area contributed by atoms with Crippen LogP contribution in [0, 0.1) is 0 Å².